The van der Waals surface area contributed by atoms with Gasteiger partial charge in [-0.2, -0.15) is 18.4 Å². The van der Waals surface area contributed by atoms with Crippen molar-refractivity contribution in [1.29, 1.82) is 5.26 Å². The Morgan fingerprint density at radius 2 is 2.11 bits per heavy atom. The molecule has 7 nitrogen and oxygen atoms in total. The SMILES string of the molecule is N#Cc1cc(NC(=O)c2cc(-c3cccnc3)on2)ccc1OCC(F)(F)F. The lowest BCUT2D eigenvalue weighted by atomic mass is 10.2. The highest BCUT2D eigenvalue weighted by Crippen LogP contribution is 2.25. The summed E-state index contributed by atoms with van der Waals surface area (Å²) in [5.74, 6) is -0.517. The summed E-state index contributed by atoms with van der Waals surface area (Å²) in [6.45, 7) is -1.52. The minimum Gasteiger partial charge on any atom is -0.483 e. The number of hydrogen-bond donors (Lipinski definition) is 1. The van der Waals surface area contributed by atoms with Crippen LogP contribution in [0, 0.1) is 11.3 Å². The third-order valence-electron chi connectivity index (χ3n) is 3.44. The van der Waals surface area contributed by atoms with E-state index >= 15 is 0 Å². The molecule has 2 heterocycles. The van der Waals surface area contributed by atoms with Gasteiger partial charge in [0.15, 0.2) is 18.1 Å². The van der Waals surface area contributed by atoms with Crippen LogP contribution in [-0.4, -0.2) is 28.8 Å². The topological polar surface area (TPSA) is 101 Å². The predicted octanol–water partition coefficient (Wildman–Crippen LogP) is 3.80. The van der Waals surface area contributed by atoms with Crippen molar-refractivity contribution < 1.29 is 27.2 Å². The number of aromatic nitrogens is 2. The summed E-state index contributed by atoms with van der Waals surface area (Å²) in [5, 5.41) is 15.3. The highest BCUT2D eigenvalue weighted by atomic mass is 19.4. The number of ether oxygens (including phenoxy) is 1. The standard InChI is InChI=1S/C18H11F3N4O3/c19-18(20,21)10-27-15-4-3-13(6-12(15)8-22)24-17(26)14-7-16(28-25-14)11-2-1-5-23-9-11/h1-7,9H,10H2,(H,24,26). The molecule has 0 bridgehead atoms. The van der Waals surface area contributed by atoms with E-state index < -0.39 is 18.7 Å². The van der Waals surface area contributed by atoms with Gasteiger partial charge in [-0.3, -0.25) is 9.78 Å². The number of carbonyl (C=O) groups excluding carboxylic acids is 1. The molecule has 3 rings (SSSR count). The van der Waals surface area contributed by atoms with Gasteiger partial charge < -0.3 is 14.6 Å². The van der Waals surface area contributed by atoms with E-state index in [4.69, 9.17) is 9.78 Å². The summed E-state index contributed by atoms with van der Waals surface area (Å²) in [6, 6.07) is 10.3. The van der Waals surface area contributed by atoms with Gasteiger partial charge in [0.25, 0.3) is 5.91 Å². The predicted molar refractivity (Wildman–Crippen MR) is 90.4 cm³/mol. The third-order valence-corrected chi connectivity index (χ3v) is 3.44. The zero-order chi connectivity index (χ0) is 20.1. The molecule has 0 aliphatic carbocycles. The molecule has 1 N–H and O–H groups in total. The number of anilines is 1. The Morgan fingerprint density at radius 1 is 1.29 bits per heavy atom. The Kier molecular flexibility index (Phi) is 5.26. The van der Waals surface area contributed by atoms with E-state index in [0.717, 1.165) is 0 Å². The first kappa shape index (κ1) is 18.9. The van der Waals surface area contributed by atoms with E-state index in [9.17, 15) is 18.0 Å². The molecule has 142 valence electrons. The molecule has 0 saturated heterocycles. The van der Waals surface area contributed by atoms with Crippen molar-refractivity contribution in [1.82, 2.24) is 10.1 Å². The van der Waals surface area contributed by atoms with Crippen LogP contribution in [0.3, 0.4) is 0 Å². The van der Waals surface area contributed by atoms with Crippen molar-refractivity contribution >= 4 is 11.6 Å². The molecule has 0 aliphatic heterocycles. The van der Waals surface area contributed by atoms with Crippen molar-refractivity contribution in [3.8, 4) is 23.1 Å². The molecule has 0 spiro atoms. The summed E-state index contributed by atoms with van der Waals surface area (Å²) in [6.07, 6.45) is -1.40. The molecule has 28 heavy (non-hydrogen) atoms. The van der Waals surface area contributed by atoms with E-state index in [1.165, 1.54) is 24.3 Å². The average Bonchev–Trinajstić information content (AvgIpc) is 3.17. The highest BCUT2D eigenvalue weighted by molar-refractivity contribution is 6.03. The highest BCUT2D eigenvalue weighted by Gasteiger charge is 2.29. The van der Waals surface area contributed by atoms with Crippen LogP contribution in [0.15, 0.2) is 53.3 Å². The van der Waals surface area contributed by atoms with E-state index in [0.29, 0.717) is 11.3 Å². The van der Waals surface area contributed by atoms with Gasteiger partial charge in [0.2, 0.25) is 0 Å². The number of amides is 1. The number of alkyl halides is 3. The van der Waals surface area contributed by atoms with E-state index in [1.807, 2.05) is 0 Å². The van der Waals surface area contributed by atoms with Gasteiger partial charge in [0.05, 0.1) is 5.56 Å². The second-order valence-electron chi connectivity index (χ2n) is 5.50. The summed E-state index contributed by atoms with van der Waals surface area (Å²) in [4.78, 5) is 16.2. The molecule has 1 amide bonds. The summed E-state index contributed by atoms with van der Waals surface area (Å²) in [7, 11) is 0. The van der Waals surface area contributed by atoms with Gasteiger partial charge in [-0.1, -0.05) is 5.16 Å². The van der Waals surface area contributed by atoms with Crippen LogP contribution in [-0.2, 0) is 0 Å². The number of hydrogen-bond acceptors (Lipinski definition) is 6. The second-order valence-corrected chi connectivity index (χ2v) is 5.50. The minimum absolute atomic E-state index is 0.0187. The lowest BCUT2D eigenvalue weighted by molar-refractivity contribution is -0.153. The number of carbonyl (C=O) groups is 1. The maximum Gasteiger partial charge on any atom is 0.422 e. The number of halogens is 3. The summed E-state index contributed by atoms with van der Waals surface area (Å²) < 4.78 is 46.5. The molecular formula is C18H11F3N4O3. The quantitative estimate of drug-likeness (QED) is 0.713. The van der Waals surface area contributed by atoms with Gasteiger partial charge >= 0.3 is 6.18 Å². The van der Waals surface area contributed by atoms with Crippen LogP contribution in [0.1, 0.15) is 16.1 Å². The molecule has 0 radical (unpaired) electrons. The fourth-order valence-corrected chi connectivity index (χ4v) is 2.20. The smallest absolute Gasteiger partial charge is 0.422 e. The number of nitriles is 1. The first-order valence-electron chi connectivity index (χ1n) is 7.78. The largest absolute Gasteiger partial charge is 0.483 e. The van der Waals surface area contributed by atoms with E-state index in [-0.39, 0.29) is 22.7 Å². The number of nitrogens with one attached hydrogen (secondary N) is 1. The number of pyridine rings is 1. The normalized spacial score (nSPS) is 10.9. The molecule has 0 fully saturated rings. The van der Waals surface area contributed by atoms with Crippen molar-refractivity contribution in [3.63, 3.8) is 0 Å². The molecule has 10 heteroatoms. The van der Waals surface area contributed by atoms with E-state index in [2.05, 4.69) is 20.2 Å². The van der Waals surface area contributed by atoms with E-state index in [1.54, 1.807) is 30.6 Å². The number of nitrogens with zero attached hydrogens (tertiary/aromatic N) is 3. The van der Waals surface area contributed by atoms with Gasteiger partial charge in [0.1, 0.15) is 11.8 Å². The van der Waals surface area contributed by atoms with Crippen LogP contribution >= 0.6 is 0 Å². The van der Waals surface area contributed by atoms with Gasteiger partial charge in [-0.05, 0) is 30.3 Å². The number of benzene rings is 1. The monoisotopic (exact) mass is 388 g/mol. The Bertz CT molecular complexity index is 1030. The van der Waals surface area contributed by atoms with Crippen LogP contribution < -0.4 is 10.1 Å². The molecule has 1 aromatic carbocycles. The maximum atomic E-state index is 12.3. The lowest BCUT2D eigenvalue weighted by Gasteiger charge is -2.11. The van der Waals surface area contributed by atoms with Gasteiger partial charge in [-0.15, -0.1) is 0 Å². The van der Waals surface area contributed by atoms with Gasteiger partial charge in [-0.25, -0.2) is 0 Å². The van der Waals surface area contributed by atoms with Crippen LogP contribution in [0.2, 0.25) is 0 Å². The summed E-state index contributed by atoms with van der Waals surface area (Å²) >= 11 is 0. The van der Waals surface area contributed by atoms with Crippen LogP contribution in [0.25, 0.3) is 11.3 Å². The third kappa shape index (κ3) is 4.64. The molecule has 2 aromatic heterocycles. The Balaban J connectivity index is 1.72. The van der Waals surface area contributed by atoms with Crippen molar-refractivity contribution in [2.24, 2.45) is 0 Å². The van der Waals surface area contributed by atoms with Crippen molar-refractivity contribution in [3.05, 3.63) is 60.0 Å². The second kappa shape index (κ2) is 7.79. The Hall–Kier alpha value is -3.87. The lowest BCUT2D eigenvalue weighted by Crippen LogP contribution is -2.19. The first-order chi connectivity index (χ1) is 13.4. The fraction of sp³-hybridized carbons (Fsp3) is 0.111. The molecule has 3 aromatic rings. The number of rotatable bonds is 5. The fourth-order valence-electron chi connectivity index (χ4n) is 2.20. The van der Waals surface area contributed by atoms with Crippen LogP contribution in [0.5, 0.6) is 5.75 Å². The molecule has 0 aliphatic rings. The maximum absolute atomic E-state index is 12.3. The van der Waals surface area contributed by atoms with Gasteiger partial charge in [0, 0.05) is 29.7 Å². The van der Waals surface area contributed by atoms with Crippen molar-refractivity contribution in [2.75, 3.05) is 11.9 Å². The minimum atomic E-state index is -4.53. The zero-order valence-corrected chi connectivity index (χ0v) is 14.0. The molecule has 0 atom stereocenters. The summed E-state index contributed by atoms with van der Waals surface area (Å²) in [5.41, 5.74) is 0.645. The average molecular weight is 388 g/mol. The first-order valence-corrected chi connectivity index (χ1v) is 7.78. The van der Waals surface area contributed by atoms with Crippen LogP contribution in [0.4, 0.5) is 18.9 Å². The molecular weight excluding hydrogens is 377 g/mol. The molecule has 0 saturated carbocycles. The zero-order valence-electron chi connectivity index (χ0n) is 14.0. The Morgan fingerprint density at radius 3 is 2.79 bits per heavy atom. The molecule has 0 unspecified atom stereocenters. The van der Waals surface area contributed by atoms with Crippen molar-refractivity contribution in [2.45, 2.75) is 6.18 Å². The Labute approximate surface area is 156 Å².